The fourth-order valence-corrected chi connectivity index (χ4v) is 2.36. The third-order valence-corrected chi connectivity index (χ3v) is 3.76. The molecule has 7 heteroatoms. The average Bonchev–Trinajstić information content (AvgIpc) is 2.63. The molecule has 0 aliphatic heterocycles. The van der Waals surface area contributed by atoms with Crippen LogP contribution in [0.5, 0.6) is 0 Å². The molecule has 0 saturated heterocycles. The Balaban J connectivity index is 2.14. The van der Waals surface area contributed by atoms with Crippen LogP contribution < -0.4 is 5.32 Å². The van der Waals surface area contributed by atoms with Crippen LogP contribution in [0.4, 0.5) is 11.4 Å². The first-order valence-corrected chi connectivity index (χ1v) is 7.91. The van der Waals surface area contributed by atoms with Crippen LogP contribution >= 0.6 is 0 Å². The van der Waals surface area contributed by atoms with Gasteiger partial charge in [-0.3, -0.25) is 19.7 Å². The normalized spacial score (nSPS) is 10.2. The molecule has 1 N–H and O–H groups in total. The summed E-state index contributed by atoms with van der Waals surface area (Å²) in [5, 5.41) is 13.3. The Bertz CT molecular complexity index is 783. The Labute approximate surface area is 145 Å². The second-order valence-corrected chi connectivity index (χ2v) is 5.32. The number of benzene rings is 2. The molecule has 0 spiro atoms. The molecule has 0 aromatic heterocycles. The fraction of sp³-hybridized carbons (Fsp3) is 0.222. The van der Waals surface area contributed by atoms with Gasteiger partial charge in [-0.1, -0.05) is 6.07 Å². The highest BCUT2D eigenvalue weighted by Crippen LogP contribution is 2.16. The van der Waals surface area contributed by atoms with Crippen molar-refractivity contribution in [3.63, 3.8) is 0 Å². The van der Waals surface area contributed by atoms with E-state index in [2.05, 4.69) is 5.32 Å². The molecule has 130 valence electrons. The van der Waals surface area contributed by atoms with E-state index in [1.165, 1.54) is 24.3 Å². The van der Waals surface area contributed by atoms with Crippen LogP contribution in [0.15, 0.2) is 48.5 Å². The molecule has 0 aliphatic rings. The lowest BCUT2D eigenvalue weighted by Crippen LogP contribution is -2.30. The van der Waals surface area contributed by atoms with Crippen molar-refractivity contribution in [1.82, 2.24) is 4.90 Å². The summed E-state index contributed by atoms with van der Waals surface area (Å²) in [5.41, 5.74) is 1.20. The van der Waals surface area contributed by atoms with Gasteiger partial charge in [0.1, 0.15) is 0 Å². The van der Waals surface area contributed by atoms with Crippen LogP contribution in [0.25, 0.3) is 0 Å². The van der Waals surface area contributed by atoms with Crippen molar-refractivity contribution in [3.05, 3.63) is 69.8 Å². The van der Waals surface area contributed by atoms with Gasteiger partial charge >= 0.3 is 0 Å². The van der Waals surface area contributed by atoms with E-state index in [4.69, 9.17) is 0 Å². The fourth-order valence-electron chi connectivity index (χ4n) is 2.36. The summed E-state index contributed by atoms with van der Waals surface area (Å²) in [6, 6.07) is 12.0. The summed E-state index contributed by atoms with van der Waals surface area (Å²) in [6.45, 7) is 5.02. The molecule has 0 bridgehead atoms. The number of rotatable bonds is 6. The summed E-state index contributed by atoms with van der Waals surface area (Å²) in [5.74, 6) is -0.501. The van der Waals surface area contributed by atoms with Gasteiger partial charge in [0.2, 0.25) is 0 Å². The van der Waals surface area contributed by atoms with E-state index in [9.17, 15) is 19.7 Å². The molecule has 25 heavy (non-hydrogen) atoms. The topological polar surface area (TPSA) is 92.6 Å². The maximum atomic E-state index is 12.4. The standard InChI is InChI=1S/C18H19N3O4/c1-3-20(4-2)18(23)14-6-5-7-15(12-14)19-17(22)13-8-10-16(11-9-13)21(24)25/h5-12H,3-4H2,1-2H3,(H,19,22). The maximum Gasteiger partial charge on any atom is 0.269 e. The molecule has 2 aromatic carbocycles. The van der Waals surface area contributed by atoms with Gasteiger partial charge in [-0.25, -0.2) is 0 Å². The van der Waals surface area contributed by atoms with Gasteiger partial charge in [-0.2, -0.15) is 0 Å². The molecule has 0 atom stereocenters. The minimum Gasteiger partial charge on any atom is -0.339 e. The summed E-state index contributed by atoms with van der Waals surface area (Å²) >= 11 is 0. The van der Waals surface area contributed by atoms with Crippen molar-refractivity contribution < 1.29 is 14.5 Å². The van der Waals surface area contributed by atoms with Gasteiger partial charge in [-0.05, 0) is 44.2 Å². The van der Waals surface area contributed by atoms with Crippen LogP contribution in [0.2, 0.25) is 0 Å². The molecule has 0 radical (unpaired) electrons. The number of anilines is 1. The molecule has 0 aliphatic carbocycles. The van der Waals surface area contributed by atoms with Crippen molar-refractivity contribution in [2.45, 2.75) is 13.8 Å². The van der Waals surface area contributed by atoms with E-state index in [-0.39, 0.29) is 11.6 Å². The quantitative estimate of drug-likeness (QED) is 0.644. The zero-order chi connectivity index (χ0) is 18.4. The number of hydrogen-bond acceptors (Lipinski definition) is 4. The molecule has 0 fully saturated rings. The SMILES string of the molecule is CCN(CC)C(=O)c1cccc(NC(=O)c2ccc([N+](=O)[O-])cc2)c1. The third-order valence-electron chi connectivity index (χ3n) is 3.76. The first-order chi connectivity index (χ1) is 12.0. The van der Waals surface area contributed by atoms with Crippen molar-refractivity contribution in [2.24, 2.45) is 0 Å². The molecule has 0 heterocycles. The van der Waals surface area contributed by atoms with Gasteiger partial charge in [0.05, 0.1) is 4.92 Å². The highest BCUT2D eigenvalue weighted by Gasteiger charge is 2.14. The van der Waals surface area contributed by atoms with Crippen LogP contribution in [0, 0.1) is 10.1 Å². The molecule has 2 aromatic rings. The maximum absolute atomic E-state index is 12.4. The van der Waals surface area contributed by atoms with E-state index in [0.717, 1.165) is 0 Å². The highest BCUT2D eigenvalue weighted by molar-refractivity contribution is 6.05. The smallest absolute Gasteiger partial charge is 0.269 e. The van der Waals surface area contributed by atoms with E-state index in [0.29, 0.717) is 29.9 Å². The molecular formula is C18H19N3O4. The Morgan fingerprint density at radius 3 is 2.24 bits per heavy atom. The second kappa shape index (κ2) is 8.05. The Hall–Kier alpha value is -3.22. The van der Waals surface area contributed by atoms with Crippen molar-refractivity contribution >= 4 is 23.2 Å². The van der Waals surface area contributed by atoms with E-state index in [1.54, 1.807) is 29.2 Å². The molecule has 0 saturated carbocycles. The van der Waals surface area contributed by atoms with Gasteiger partial charge in [0.15, 0.2) is 0 Å². The number of hydrogen-bond donors (Lipinski definition) is 1. The second-order valence-electron chi connectivity index (χ2n) is 5.32. The Morgan fingerprint density at radius 2 is 1.68 bits per heavy atom. The van der Waals surface area contributed by atoms with Crippen molar-refractivity contribution in [2.75, 3.05) is 18.4 Å². The van der Waals surface area contributed by atoms with Crippen LogP contribution in [-0.4, -0.2) is 34.7 Å². The van der Waals surface area contributed by atoms with Gasteiger partial charge in [0.25, 0.3) is 17.5 Å². The predicted molar refractivity (Wildman–Crippen MR) is 94.7 cm³/mol. The minimum absolute atomic E-state index is 0.0802. The van der Waals surface area contributed by atoms with Gasteiger partial charge in [0, 0.05) is 42.0 Å². The number of carbonyl (C=O) groups excluding carboxylic acids is 2. The van der Waals surface area contributed by atoms with Crippen molar-refractivity contribution in [1.29, 1.82) is 0 Å². The number of nitrogens with one attached hydrogen (secondary N) is 1. The number of amides is 2. The molecular weight excluding hydrogens is 322 g/mol. The Kier molecular flexibility index (Phi) is 5.84. The molecule has 2 rings (SSSR count). The van der Waals surface area contributed by atoms with Gasteiger partial charge in [-0.15, -0.1) is 0 Å². The molecule has 7 nitrogen and oxygen atoms in total. The monoisotopic (exact) mass is 341 g/mol. The molecule has 2 amide bonds. The number of nitro benzene ring substituents is 1. The first kappa shape index (κ1) is 18.1. The number of nitrogens with zero attached hydrogens (tertiary/aromatic N) is 2. The third kappa shape index (κ3) is 4.41. The average molecular weight is 341 g/mol. The number of nitro groups is 1. The van der Waals surface area contributed by atoms with Gasteiger partial charge < -0.3 is 10.2 Å². The van der Waals surface area contributed by atoms with Crippen LogP contribution in [-0.2, 0) is 0 Å². The van der Waals surface area contributed by atoms with E-state index >= 15 is 0 Å². The lowest BCUT2D eigenvalue weighted by molar-refractivity contribution is -0.384. The number of carbonyl (C=O) groups is 2. The van der Waals surface area contributed by atoms with Crippen LogP contribution in [0.3, 0.4) is 0 Å². The predicted octanol–water partition coefficient (Wildman–Crippen LogP) is 3.33. The van der Waals surface area contributed by atoms with E-state index < -0.39 is 10.8 Å². The van der Waals surface area contributed by atoms with Crippen molar-refractivity contribution in [3.8, 4) is 0 Å². The summed E-state index contributed by atoms with van der Waals surface area (Å²) in [7, 11) is 0. The van der Waals surface area contributed by atoms with Crippen LogP contribution in [0.1, 0.15) is 34.6 Å². The summed E-state index contributed by atoms with van der Waals surface area (Å²) in [4.78, 5) is 36.4. The first-order valence-electron chi connectivity index (χ1n) is 7.91. The molecule has 0 unspecified atom stereocenters. The minimum atomic E-state index is -0.524. The van der Waals surface area contributed by atoms with E-state index in [1.807, 2.05) is 13.8 Å². The largest absolute Gasteiger partial charge is 0.339 e. The number of non-ortho nitro benzene ring substituents is 1. The lowest BCUT2D eigenvalue weighted by Gasteiger charge is -2.19. The zero-order valence-corrected chi connectivity index (χ0v) is 14.1. The lowest BCUT2D eigenvalue weighted by atomic mass is 10.1. The highest BCUT2D eigenvalue weighted by atomic mass is 16.6. The zero-order valence-electron chi connectivity index (χ0n) is 14.1. The summed E-state index contributed by atoms with van der Waals surface area (Å²) < 4.78 is 0. The summed E-state index contributed by atoms with van der Waals surface area (Å²) in [6.07, 6.45) is 0. The Morgan fingerprint density at radius 1 is 1.04 bits per heavy atom.